The molecule has 0 aromatic heterocycles. The maximum atomic E-state index is 12.7. The van der Waals surface area contributed by atoms with Gasteiger partial charge in [-0.05, 0) is 42.9 Å². The summed E-state index contributed by atoms with van der Waals surface area (Å²) in [5, 5.41) is 3.41. The molecule has 2 aliphatic rings. The van der Waals surface area contributed by atoms with Crippen LogP contribution in [0.5, 0.6) is 0 Å². The van der Waals surface area contributed by atoms with E-state index in [1.807, 2.05) is 4.90 Å². The monoisotopic (exact) mass is 272 g/mol. The van der Waals surface area contributed by atoms with E-state index in [4.69, 9.17) is 0 Å². The third kappa shape index (κ3) is 2.73. The van der Waals surface area contributed by atoms with Gasteiger partial charge in [0.2, 0.25) is 5.91 Å². The minimum absolute atomic E-state index is 0.0407. The van der Waals surface area contributed by atoms with E-state index in [1.165, 1.54) is 24.0 Å². The Bertz CT molecular complexity index is 486. The zero-order chi connectivity index (χ0) is 13.9. The summed E-state index contributed by atoms with van der Waals surface area (Å²) in [7, 11) is 0. The first kappa shape index (κ1) is 13.6. The van der Waals surface area contributed by atoms with Gasteiger partial charge in [0.05, 0.1) is 6.04 Å². The molecule has 108 valence electrons. The van der Waals surface area contributed by atoms with Crippen LogP contribution in [0.4, 0.5) is 0 Å². The predicted molar refractivity (Wildman–Crippen MR) is 80.4 cm³/mol. The highest BCUT2D eigenvalue weighted by Gasteiger charge is 2.30. The van der Waals surface area contributed by atoms with Gasteiger partial charge in [-0.15, -0.1) is 0 Å². The first-order valence-electron chi connectivity index (χ1n) is 7.87. The maximum Gasteiger partial charge on any atom is 0.240 e. The number of hydrogen-bond acceptors (Lipinski definition) is 2. The molecule has 1 N–H and O–H groups in total. The van der Waals surface area contributed by atoms with Crippen LogP contribution in [0, 0.1) is 5.92 Å². The highest BCUT2D eigenvalue weighted by atomic mass is 16.2. The van der Waals surface area contributed by atoms with Crippen LogP contribution >= 0.6 is 0 Å². The van der Waals surface area contributed by atoms with Crippen LogP contribution in [0.1, 0.15) is 37.3 Å². The van der Waals surface area contributed by atoms with Crippen LogP contribution in [0.2, 0.25) is 0 Å². The first-order chi connectivity index (χ1) is 9.78. The zero-order valence-corrected chi connectivity index (χ0v) is 12.3. The van der Waals surface area contributed by atoms with Gasteiger partial charge in [0, 0.05) is 13.1 Å². The number of nitrogens with one attached hydrogen (secondary N) is 1. The lowest BCUT2D eigenvalue weighted by molar-refractivity contribution is -0.135. The summed E-state index contributed by atoms with van der Waals surface area (Å²) in [4.78, 5) is 14.7. The van der Waals surface area contributed by atoms with Crippen LogP contribution in [-0.4, -0.2) is 29.9 Å². The highest BCUT2D eigenvalue weighted by Crippen LogP contribution is 2.23. The standard InChI is InChI=1S/C17H24N2O/c1-2-13-7-9-18-16(11-13)17(20)19-10-8-14-5-3-4-6-15(14)12-19/h3-6,13,16,18H,2,7-12H2,1H3. The molecule has 3 heteroatoms. The minimum Gasteiger partial charge on any atom is -0.337 e. The molecule has 0 aliphatic carbocycles. The molecular formula is C17H24N2O. The minimum atomic E-state index is 0.0407. The maximum absolute atomic E-state index is 12.7. The Morgan fingerprint density at radius 2 is 2.15 bits per heavy atom. The number of rotatable bonds is 2. The average molecular weight is 272 g/mol. The number of hydrogen-bond donors (Lipinski definition) is 1. The van der Waals surface area contributed by atoms with Gasteiger partial charge in [-0.3, -0.25) is 4.79 Å². The van der Waals surface area contributed by atoms with E-state index in [2.05, 4.69) is 36.5 Å². The Balaban J connectivity index is 1.67. The first-order valence-corrected chi connectivity index (χ1v) is 7.87. The zero-order valence-electron chi connectivity index (χ0n) is 12.3. The Kier molecular flexibility index (Phi) is 4.06. The summed E-state index contributed by atoms with van der Waals surface area (Å²) in [6.45, 7) is 4.86. The SMILES string of the molecule is CCC1CCNC(C(=O)N2CCc3ccccc3C2)C1. The fourth-order valence-corrected chi connectivity index (χ4v) is 3.46. The molecule has 1 amide bonds. The van der Waals surface area contributed by atoms with Crippen molar-refractivity contribution >= 4 is 5.91 Å². The third-order valence-electron chi connectivity index (χ3n) is 4.83. The molecule has 0 bridgehead atoms. The van der Waals surface area contributed by atoms with Gasteiger partial charge in [0.15, 0.2) is 0 Å². The Hall–Kier alpha value is -1.35. The van der Waals surface area contributed by atoms with Crippen molar-refractivity contribution in [2.24, 2.45) is 5.92 Å². The Labute approximate surface area is 121 Å². The lowest BCUT2D eigenvalue weighted by Crippen LogP contribution is -2.51. The third-order valence-corrected chi connectivity index (χ3v) is 4.83. The van der Waals surface area contributed by atoms with E-state index in [0.717, 1.165) is 32.5 Å². The van der Waals surface area contributed by atoms with Crippen LogP contribution in [0.15, 0.2) is 24.3 Å². The van der Waals surface area contributed by atoms with Gasteiger partial charge in [-0.2, -0.15) is 0 Å². The lowest BCUT2D eigenvalue weighted by atomic mass is 9.89. The van der Waals surface area contributed by atoms with Crippen molar-refractivity contribution in [1.29, 1.82) is 0 Å². The van der Waals surface area contributed by atoms with Crippen molar-refractivity contribution in [2.45, 2.75) is 45.2 Å². The van der Waals surface area contributed by atoms with Crippen molar-refractivity contribution in [3.05, 3.63) is 35.4 Å². The largest absolute Gasteiger partial charge is 0.337 e. The molecule has 1 aromatic carbocycles. The van der Waals surface area contributed by atoms with Crippen molar-refractivity contribution in [1.82, 2.24) is 10.2 Å². The molecule has 2 aliphatic heterocycles. The van der Waals surface area contributed by atoms with Gasteiger partial charge in [0.1, 0.15) is 0 Å². The molecule has 1 fully saturated rings. The van der Waals surface area contributed by atoms with Gasteiger partial charge in [0.25, 0.3) is 0 Å². The van der Waals surface area contributed by atoms with Crippen LogP contribution in [0.3, 0.4) is 0 Å². The van der Waals surface area contributed by atoms with Crippen LogP contribution < -0.4 is 5.32 Å². The normalized spacial score (nSPS) is 26.1. The van der Waals surface area contributed by atoms with E-state index in [9.17, 15) is 4.79 Å². The molecule has 20 heavy (non-hydrogen) atoms. The fraction of sp³-hybridized carbons (Fsp3) is 0.588. The molecule has 2 heterocycles. The van der Waals surface area contributed by atoms with Gasteiger partial charge in [-0.1, -0.05) is 37.6 Å². The lowest BCUT2D eigenvalue weighted by Gasteiger charge is -2.35. The van der Waals surface area contributed by atoms with Gasteiger partial charge in [-0.25, -0.2) is 0 Å². The molecule has 2 unspecified atom stereocenters. The van der Waals surface area contributed by atoms with Crippen LogP contribution in [0.25, 0.3) is 0 Å². The molecule has 0 saturated carbocycles. The van der Waals surface area contributed by atoms with Gasteiger partial charge < -0.3 is 10.2 Å². The number of carbonyl (C=O) groups is 1. The Morgan fingerprint density at radius 3 is 2.95 bits per heavy atom. The van der Waals surface area contributed by atoms with E-state index >= 15 is 0 Å². The van der Waals surface area contributed by atoms with E-state index in [0.29, 0.717) is 11.8 Å². The Morgan fingerprint density at radius 1 is 1.35 bits per heavy atom. The predicted octanol–water partition coefficient (Wildman–Crippen LogP) is 2.35. The molecule has 1 aromatic rings. The second-order valence-corrected chi connectivity index (χ2v) is 6.08. The molecule has 2 atom stereocenters. The second-order valence-electron chi connectivity index (χ2n) is 6.08. The number of nitrogens with zero attached hydrogens (tertiary/aromatic N) is 1. The van der Waals surface area contributed by atoms with Crippen LogP contribution in [-0.2, 0) is 17.8 Å². The summed E-state index contributed by atoms with van der Waals surface area (Å²) in [5.74, 6) is 1.01. The number of carbonyl (C=O) groups excluding carboxylic acids is 1. The van der Waals surface area contributed by atoms with Crippen molar-refractivity contribution in [2.75, 3.05) is 13.1 Å². The number of benzene rings is 1. The van der Waals surface area contributed by atoms with E-state index < -0.39 is 0 Å². The number of amides is 1. The van der Waals surface area contributed by atoms with Crippen molar-refractivity contribution in [3.8, 4) is 0 Å². The summed E-state index contributed by atoms with van der Waals surface area (Å²) in [5.41, 5.74) is 2.72. The van der Waals surface area contributed by atoms with E-state index in [-0.39, 0.29) is 6.04 Å². The summed E-state index contributed by atoms with van der Waals surface area (Å²) < 4.78 is 0. The molecule has 0 spiro atoms. The van der Waals surface area contributed by atoms with E-state index in [1.54, 1.807) is 0 Å². The smallest absolute Gasteiger partial charge is 0.240 e. The van der Waals surface area contributed by atoms with Crippen molar-refractivity contribution < 1.29 is 4.79 Å². The topological polar surface area (TPSA) is 32.3 Å². The quantitative estimate of drug-likeness (QED) is 0.896. The summed E-state index contributed by atoms with van der Waals surface area (Å²) in [6, 6.07) is 8.53. The van der Waals surface area contributed by atoms with Crippen molar-refractivity contribution in [3.63, 3.8) is 0 Å². The summed E-state index contributed by atoms with van der Waals surface area (Å²) in [6.07, 6.45) is 4.40. The molecule has 1 saturated heterocycles. The second kappa shape index (κ2) is 5.96. The molecule has 0 radical (unpaired) electrons. The average Bonchev–Trinajstić information content (AvgIpc) is 2.53. The molecule has 3 nitrogen and oxygen atoms in total. The van der Waals surface area contributed by atoms with Gasteiger partial charge >= 0.3 is 0 Å². The highest BCUT2D eigenvalue weighted by molar-refractivity contribution is 5.82. The molecule has 3 rings (SSSR count). The number of fused-ring (bicyclic) bond motifs is 1. The fourth-order valence-electron chi connectivity index (χ4n) is 3.46. The number of piperidine rings is 1. The summed E-state index contributed by atoms with van der Waals surface area (Å²) >= 11 is 0. The molecular weight excluding hydrogens is 248 g/mol.